The first-order valence-corrected chi connectivity index (χ1v) is 9.63. The summed E-state index contributed by atoms with van der Waals surface area (Å²) in [6.07, 6.45) is 3.21. The Morgan fingerprint density at radius 1 is 1.32 bits per heavy atom. The lowest BCUT2D eigenvalue weighted by Crippen LogP contribution is -2.47. The number of amides is 1. The van der Waals surface area contributed by atoms with Crippen molar-refractivity contribution in [3.8, 4) is 6.07 Å². The second kappa shape index (κ2) is 7.42. The highest BCUT2D eigenvalue weighted by atomic mass is 32.2. The summed E-state index contributed by atoms with van der Waals surface area (Å²) in [5.41, 5.74) is 0.654. The van der Waals surface area contributed by atoms with Crippen LogP contribution in [-0.4, -0.2) is 44.8 Å². The second-order valence-corrected chi connectivity index (χ2v) is 8.72. The molecule has 0 saturated heterocycles. The molecule has 0 atom stereocenters. The molecule has 0 spiro atoms. The number of nitriles is 1. The van der Waals surface area contributed by atoms with Gasteiger partial charge in [-0.05, 0) is 50.3 Å². The Morgan fingerprint density at radius 2 is 1.96 bits per heavy atom. The maximum absolute atomic E-state index is 12.2. The molecule has 25 heavy (non-hydrogen) atoms. The van der Waals surface area contributed by atoms with Gasteiger partial charge in [0.05, 0.1) is 17.5 Å². The van der Waals surface area contributed by atoms with Gasteiger partial charge >= 0.3 is 0 Å². The molecule has 7 nitrogen and oxygen atoms in total. The molecule has 0 aliphatic heterocycles. The Balaban J connectivity index is 2.08. The molecule has 8 heteroatoms. The van der Waals surface area contributed by atoms with Crippen molar-refractivity contribution < 1.29 is 13.2 Å². The molecule has 1 aromatic rings. The molecule has 2 rings (SSSR count). The van der Waals surface area contributed by atoms with Crippen LogP contribution in [0.25, 0.3) is 0 Å². The number of carbonyl (C=O) groups is 1. The van der Waals surface area contributed by atoms with Gasteiger partial charge in [-0.3, -0.25) is 4.79 Å². The predicted octanol–water partition coefficient (Wildman–Crippen LogP) is 1.61. The SMILES string of the molecule is Cc1ccc(S(=O)(=O)N(C)C)cc1NCC(=O)NC1(C#N)CCCC1. The minimum absolute atomic E-state index is 0.0181. The second-order valence-electron chi connectivity index (χ2n) is 6.57. The summed E-state index contributed by atoms with van der Waals surface area (Å²) in [6.45, 7) is 1.82. The number of hydrogen-bond donors (Lipinski definition) is 2. The quantitative estimate of drug-likeness (QED) is 0.798. The zero-order valence-electron chi connectivity index (χ0n) is 14.8. The lowest BCUT2D eigenvalue weighted by molar-refractivity contribution is -0.120. The predicted molar refractivity (Wildman–Crippen MR) is 95.5 cm³/mol. The lowest BCUT2D eigenvalue weighted by atomic mass is 10.00. The van der Waals surface area contributed by atoms with Crippen LogP contribution < -0.4 is 10.6 Å². The lowest BCUT2D eigenvalue weighted by Gasteiger charge is -2.22. The molecule has 2 N–H and O–H groups in total. The summed E-state index contributed by atoms with van der Waals surface area (Å²) in [6, 6.07) is 6.98. The van der Waals surface area contributed by atoms with Gasteiger partial charge in [0.1, 0.15) is 5.54 Å². The molecule has 0 bridgehead atoms. The van der Waals surface area contributed by atoms with E-state index in [1.807, 2.05) is 6.92 Å². The highest BCUT2D eigenvalue weighted by Crippen LogP contribution is 2.28. The minimum Gasteiger partial charge on any atom is -0.376 e. The Morgan fingerprint density at radius 3 is 2.52 bits per heavy atom. The van der Waals surface area contributed by atoms with E-state index in [1.165, 1.54) is 20.2 Å². The van der Waals surface area contributed by atoms with Crippen LogP contribution in [0.1, 0.15) is 31.2 Å². The van der Waals surface area contributed by atoms with Crippen molar-refractivity contribution in [1.29, 1.82) is 5.26 Å². The van der Waals surface area contributed by atoms with E-state index >= 15 is 0 Å². The minimum atomic E-state index is -3.54. The zero-order valence-corrected chi connectivity index (χ0v) is 15.6. The Bertz CT molecular complexity index is 791. The molecule has 0 aromatic heterocycles. The van der Waals surface area contributed by atoms with Gasteiger partial charge in [0.15, 0.2) is 0 Å². The average molecular weight is 364 g/mol. The summed E-state index contributed by atoms with van der Waals surface area (Å²) in [7, 11) is -0.596. The number of carbonyl (C=O) groups excluding carboxylic acids is 1. The smallest absolute Gasteiger partial charge is 0.242 e. The molecular weight excluding hydrogens is 340 g/mol. The molecule has 1 aliphatic carbocycles. The van der Waals surface area contributed by atoms with Crippen LogP contribution in [0.3, 0.4) is 0 Å². The molecule has 0 heterocycles. The van der Waals surface area contributed by atoms with Gasteiger partial charge < -0.3 is 10.6 Å². The summed E-state index contributed by atoms with van der Waals surface area (Å²) < 4.78 is 25.6. The van der Waals surface area contributed by atoms with Crippen LogP contribution >= 0.6 is 0 Å². The number of nitrogens with one attached hydrogen (secondary N) is 2. The molecule has 1 saturated carbocycles. The van der Waals surface area contributed by atoms with Crippen molar-refractivity contribution in [3.63, 3.8) is 0 Å². The van der Waals surface area contributed by atoms with Crippen molar-refractivity contribution in [3.05, 3.63) is 23.8 Å². The first kappa shape index (κ1) is 19.2. The summed E-state index contributed by atoms with van der Waals surface area (Å²) >= 11 is 0. The largest absolute Gasteiger partial charge is 0.376 e. The highest BCUT2D eigenvalue weighted by Gasteiger charge is 2.35. The van der Waals surface area contributed by atoms with Crippen LogP contribution in [0.15, 0.2) is 23.1 Å². The van der Waals surface area contributed by atoms with Gasteiger partial charge in [-0.2, -0.15) is 5.26 Å². The van der Waals surface area contributed by atoms with E-state index in [2.05, 4.69) is 16.7 Å². The molecule has 1 aliphatic rings. The molecule has 1 aromatic carbocycles. The van der Waals surface area contributed by atoms with E-state index in [0.717, 1.165) is 22.7 Å². The first-order chi connectivity index (χ1) is 11.7. The van der Waals surface area contributed by atoms with Gasteiger partial charge in [-0.15, -0.1) is 0 Å². The van der Waals surface area contributed by atoms with Crippen molar-refractivity contribution in [2.24, 2.45) is 0 Å². The standard InChI is InChI=1S/C17H24N4O3S/c1-13-6-7-14(25(23,24)21(2)3)10-15(13)19-11-16(22)20-17(12-18)8-4-5-9-17/h6-7,10,19H,4-5,8-9,11H2,1-3H3,(H,20,22). The molecule has 0 unspecified atom stereocenters. The third-order valence-corrected chi connectivity index (χ3v) is 6.29. The van der Waals surface area contributed by atoms with Gasteiger partial charge in [0.25, 0.3) is 0 Å². The van der Waals surface area contributed by atoms with E-state index in [9.17, 15) is 18.5 Å². The van der Waals surface area contributed by atoms with Crippen molar-refractivity contribution in [2.45, 2.75) is 43.0 Å². The van der Waals surface area contributed by atoms with Crippen LogP contribution in [0.2, 0.25) is 0 Å². The first-order valence-electron chi connectivity index (χ1n) is 8.19. The molecule has 1 amide bonds. The molecule has 136 valence electrons. The monoisotopic (exact) mass is 364 g/mol. The summed E-state index contributed by atoms with van der Waals surface area (Å²) in [5.74, 6) is -0.274. The molecule has 0 radical (unpaired) electrons. The van der Waals surface area contributed by atoms with Gasteiger partial charge in [-0.1, -0.05) is 6.07 Å². The van der Waals surface area contributed by atoms with E-state index in [4.69, 9.17) is 0 Å². The highest BCUT2D eigenvalue weighted by molar-refractivity contribution is 7.89. The number of anilines is 1. The van der Waals surface area contributed by atoms with Crippen molar-refractivity contribution >= 4 is 21.6 Å². The third-order valence-electron chi connectivity index (χ3n) is 4.48. The molecule has 1 fully saturated rings. The van der Waals surface area contributed by atoms with Crippen molar-refractivity contribution in [1.82, 2.24) is 9.62 Å². The number of benzene rings is 1. The van der Waals surface area contributed by atoms with Gasteiger partial charge in [0.2, 0.25) is 15.9 Å². The fraction of sp³-hybridized carbons (Fsp3) is 0.529. The Labute approximate surface area is 149 Å². The Kier molecular flexibility index (Phi) is 5.70. The van der Waals surface area contributed by atoms with E-state index in [0.29, 0.717) is 18.5 Å². The van der Waals surface area contributed by atoms with E-state index in [1.54, 1.807) is 12.1 Å². The number of nitrogens with zero attached hydrogens (tertiary/aromatic N) is 2. The molecular formula is C17H24N4O3S. The van der Waals surface area contributed by atoms with Crippen molar-refractivity contribution in [2.75, 3.05) is 26.0 Å². The maximum atomic E-state index is 12.2. The number of aryl methyl sites for hydroxylation is 1. The normalized spacial score (nSPS) is 16.4. The third kappa shape index (κ3) is 4.30. The van der Waals surface area contributed by atoms with Gasteiger partial charge in [-0.25, -0.2) is 12.7 Å². The van der Waals surface area contributed by atoms with Crippen LogP contribution in [-0.2, 0) is 14.8 Å². The number of sulfonamides is 1. The summed E-state index contributed by atoms with van der Waals surface area (Å²) in [5, 5.41) is 15.1. The Hall–Kier alpha value is -2.11. The number of rotatable bonds is 6. The fourth-order valence-electron chi connectivity index (χ4n) is 2.89. The van der Waals surface area contributed by atoms with E-state index in [-0.39, 0.29) is 17.3 Å². The fourth-order valence-corrected chi connectivity index (χ4v) is 3.82. The van der Waals surface area contributed by atoms with Crippen LogP contribution in [0.4, 0.5) is 5.69 Å². The van der Waals surface area contributed by atoms with Crippen LogP contribution in [0.5, 0.6) is 0 Å². The topological polar surface area (TPSA) is 102 Å². The zero-order chi connectivity index (χ0) is 18.7. The average Bonchev–Trinajstić information content (AvgIpc) is 3.02. The maximum Gasteiger partial charge on any atom is 0.242 e. The van der Waals surface area contributed by atoms with Crippen LogP contribution in [0, 0.1) is 18.3 Å². The van der Waals surface area contributed by atoms with Gasteiger partial charge in [0, 0.05) is 19.8 Å². The number of hydrogen-bond acceptors (Lipinski definition) is 5. The van der Waals surface area contributed by atoms with E-state index < -0.39 is 15.6 Å². The summed E-state index contributed by atoms with van der Waals surface area (Å²) in [4.78, 5) is 12.3.